The van der Waals surface area contributed by atoms with Crippen molar-refractivity contribution in [2.24, 2.45) is 0 Å². The van der Waals surface area contributed by atoms with Crippen molar-refractivity contribution in [3.8, 4) is 0 Å². The Kier molecular flexibility index (Phi) is 3.68. The zero-order valence-electron chi connectivity index (χ0n) is 6.27. The molecule has 2 nitrogen and oxygen atoms in total. The number of halogens is 1. The number of alkyl halides is 1. The van der Waals surface area contributed by atoms with Crippen molar-refractivity contribution in [1.29, 1.82) is 0 Å². The van der Waals surface area contributed by atoms with Gasteiger partial charge in [-0.05, 0) is 19.5 Å². The van der Waals surface area contributed by atoms with E-state index in [-0.39, 0.29) is 6.67 Å². The van der Waals surface area contributed by atoms with Crippen molar-refractivity contribution < 1.29 is 4.39 Å². The Morgan fingerprint density at radius 1 is 1.30 bits per heavy atom. The summed E-state index contributed by atoms with van der Waals surface area (Å²) >= 11 is 0. The van der Waals surface area contributed by atoms with E-state index in [4.69, 9.17) is 0 Å². The summed E-state index contributed by atoms with van der Waals surface area (Å²) in [6, 6.07) is 0. The van der Waals surface area contributed by atoms with Crippen LogP contribution in [0.15, 0.2) is 0 Å². The minimum absolute atomic E-state index is 0.208. The molecule has 1 rings (SSSR count). The van der Waals surface area contributed by atoms with Crippen molar-refractivity contribution in [1.82, 2.24) is 10.2 Å². The van der Waals surface area contributed by atoms with E-state index in [0.717, 1.165) is 32.6 Å². The molecule has 0 aliphatic carbocycles. The van der Waals surface area contributed by atoms with Gasteiger partial charge >= 0.3 is 0 Å². The molecule has 10 heavy (non-hydrogen) atoms. The van der Waals surface area contributed by atoms with Crippen LogP contribution in [0, 0.1) is 0 Å². The summed E-state index contributed by atoms with van der Waals surface area (Å²) in [5.74, 6) is 0. The van der Waals surface area contributed by atoms with Gasteiger partial charge in [0.1, 0.15) is 6.67 Å². The second-order valence-electron chi connectivity index (χ2n) is 2.63. The molecule has 0 spiro atoms. The molecule has 1 aliphatic rings. The lowest BCUT2D eigenvalue weighted by molar-refractivity contribution is 0.263. The smallest absolute Gasteiger partial charge is 0.102 e. The average Bonchev–Trinajstić information content (AvgIpc) is 2.17. The van der Waals surface area contributed by atoms with E-state index in [0.29, 0.717) is 6.54 Å². The van der Waals surface area contributed by atoms with E-state index in [2.05, 4.69) is 10.2 Å². The molecule has 1 fully saturated rings. The highest BCUT2D eigenvalue weighted by atomic mass is 19.1. The first-order valence-corrected chi connectivity index (χ1v) is 3.92. The SMILES string of the molecule is FCCN1CCCNCC1. The highest BCUT2D eigenvalue weighted by Crippen LogP contribution is 1.93. The van der Waals surface area contributed by atoms with Gasteiger partial charge in [0.2, 0.25) is 0 Å². The first-order valence-electron chi connectivity index (χ1n) is 3.92. The first-order chi connectivity index (χ1) is 4.93. The lowest BCUT2D eigenvalue weighted by Crippen LogP contribution is -2.29. The molecule has 0 atom stereocenters. The Hall–Kier alpha value is -0.150. The van der Waals surface area contributed by atoms with Gasteiger partial charge in [-0.3, -0.25) is 4.90 Å². The maximum absolute atomic E-state index is 11.8. The Morgan fingerprint density at radius 2 is 2.20 bits per heavy atom. The molecule has 1 aliphatic heterocycles. The summed E-state index contributed by atoms with van der Waals surface area (Å²) in [6.07, 6.45) is 1.15. The summed E-state index contributed by atoms with van der Waals surface area (Å²) < 4.78 is 11.8. The molecule has 1 heterocycles. The predicted molar refractivity (Wildman–Crippen MR) is 39.9 cm³/mol. The lowest BCUT2D eigenvalue weighted by Gasteiger charge is -2.16. The first kappa shape index (κ1) is 7.95. The maximum Gasteiger partial charge on any atom is 0.102 e. The predicted octanol–water partition coefficient (Wildman–Crippen LogP) is 0.251. The molecular formula is C7H15FN2. The molecule has 0 aromatic rings. The maximum atomic E-state index is 11.8. The molecule has 3 heteroatoms. The summed E-state index contributed by atoms with van der Waals surface area (Å²) in [6.45, 7) is 4.56. The Balaban J connectivity index is 2.15. The van der Waals surface area contributed by atoms with Crippen LogP contribution in [0.2, 0.25) is 0 Å². The van der Waals surface area contributed by atoms with Gasteiger partial charge < -0.3 is 5.32 Å². The van der Waals surface area contributed by atoms with Crippen LogP contribution in [0.25, 0.3) is 0 Å². The molecule has 0 saturated carbocycles. The van der Waals surface area contributed by atoms with Crippen LogP contribution in [-0.2, 0) is 0 Å². The van der Waals surface area contributed by atoms with Crippen LogP contribution >= 0.6 is 0 Å². The average molecular weight is 146 g/mol. The van der Waals surface area contributed by atoms with Crippen molar-refractivity contribution in [2.45, 2.75) is 6.42 Å². The van der Waals surface area contributed by atoms with Crippen molar-refractivity contribution in [3.05, 3.63) is 0 Å². The number of hydrogen-bond acceptors (Lipinski definition) is 2. The Labute approximate surface area is 61.4 Å². The molecule has 1 saturated heterocycles. The number of hydrogen-bond donors (Lipinski definition) is 1. The zero-order chi connectivity index (χ0) is 7.23. The van der Waals surface area contributed by atoms with Gasteiger partial charge in [0.15, 0.2) is 0 Å². The highest BCUT2D eigenvalue weighted by molar-refractivity contribution is 4.64. The number of nitrogens with zero attached hydrogens (tertiary/aromatic N) is 1. The Morgan fingerprint density at radius 3 is 3.00 bits per heavy atom. The lowest BCUT2D eigenvalue weighted by atomic mass is 10.4. The summed E-state index contributed by atoms with van der Waals surface area (Å²) in [5.41, 5.74) is 0. The third-order valence-electron chi connectivity index (χ3n) is 1.83. The van der Waals surface area contributed by atoms with Crippen molar-refractivity contribution in [3.63, 3.8) is 0 Å². The van der Waals surface area contributed by atoms with Crippen LogP contribution in [-0.4, -0.2) is 44.3 Å². The fraction of sp³-hybridized carbons (Fsp3) is 1.00. The van der Waals surface area contributed by atoms with Gasteiger partial charge in [0.05, 0.1) is 0 Å². The minimum Gasteiger partial charge on any atom is -0.315 e. The quantitative estimate of drug-likeness (QED) is 0.601. The van der Waals surface area contributed by atoms with Gasteiger partial charge in [-0.1, -0.05) is 0 Å². The molecule has 0 radical (unpaired) electrons. The van der Waals surface area contributed by atoms with E-state index in [1.807, 2.05) is 0 Å². The third-order valence-corrected chi connectivity index (χ3v) is 1.83. The summed E-state index contributed by atoms with van der Waals surface area (Å²) in [4.78, 5) is 2.17. The molecular weight excluding hydrogens is 131 g/mol. The molecule has 60 valence electrons. The van der Waals surface area contributed by atoms with E-state index < -0.39 is 0 Å². The highest BCUT2D eigenvalue weighted by Gasteiger charge is 2.06. The van der Waals surface area contributed by atoms with Crippen LogP contribution in [0.5, 0.6) is 0 Å². The standard InChI is InChI=1S/C7H15FN2/c8-2-6-10-5-1-3-9-4-7-10/h9H,1-7H2. The largest absolute Gasteiger partial charge is 0.315 e. The van der Waals surface area contributed by atoms with Crippen molar-refractivity contribution in [2.75, 3.05) is 39.4 Å². The fourth-order valence-corrected chi connectivity index (χ4v) is 1.24. The van der Waals surface area contributed by atoms with Gasteiger partial charge in [-0.2, -0.15) is 0 Å². The van der Waals surface area contributed by atoms with Gasteiger partial charge in [0.25, 0.3) is 0 Å². The van der Waals surface area contributed by atoms with E-state index >= 15 is 0 Å². The molecule has 0 unspecified atom stereocenters. The number of rotatable bonds is 2. The molecule has 0 aromatic carbocycles. The van der Waals surface area contributed by atoms with Gasteiger partial charge in [-0.25, -0.2) is 4.39 Å². The van der Waals surface area contributed by atoms with E-state index in [1.165, 1.54) is 0 Å². The normalized spacial score (nSPS) is 22.5. The second-order valence-corrected chi connectivity index (χ2v) is 2.63. The molecule has 1 N–H and O–H groups in total. The second kappa shape index (κ2) is 4.63. The summed E-state index contributed by atoms with van der Waals surface area (Å²) in [7, 11) is 0. The van der Waals surface area contributed by atoms with Gasteiger partial charge in [0, 0.05) is 19.6 Å². The van der Waals surface area contributed by atoms with Crippen LogP contribution in [0.4, 0.5) is 4.39 Å². The van der Waals surface area contributed by atoms with Crippen LogP contribution in [0.3, 0.4) is 0 Å². The third kappa shape index (κ3) is 2.62. The fourth-order valence-electron chi connectivity index (χ4n) is 1.24. The van der Waals surface area contributed by atoms with E-state index in [9.17, 15) is 4.39 Å². The Bertz CT molecular complexity index is 79.7. The summed E-state index contributed by atoms with van der Waals surface area (Å²) in [5, 5.41) is 3.27. The van der Waals surface area contributed by atoms with Crippen LogP contribution in [0.1, 0.15) is 6.42 Å². The molecule has 0 bridgehead atoms. The van der Waals surface area contributed by atoms with E-state index in [1.54, 1.807) is 0 Å². The van der Waals surface area contributed by atoms with Crippen LogP contribution < -0.4 is 5.32 Å². The topological polar surface area (TPSA) is 15.3 Å². The molecule has 0 aromatic heterocycles. The van der Waals surface area contributed by atoms with Crippen molar-refractivity contribution >= 4 is 0 Å². The zero-order valence-corrected chi connectivity index (χ0v) is 6.27. The number of nitrogens with one attached hydrogen (secondary N) is 1. The van der Waals surface area contributed by atoms with Gasteiger partial charge in [-0.15, -0.1) is 0 Å². The monoisotopic (exact) mass is 146 g/mol. The minimum atomic E-state index is -0.208. The molecule has 0 amide bonds.